The maximum absolute atomic E-state index is 12.9. The highest BCUT2D eigenvalue weighted by molar-refractivity contribution is 5.79. The molecule has 1 saturated carbocycles. The lowest BCUT2D eigenvalue weighted by molar-refractivity contribution is -0.134. The summed E-state index contributed by atoms with van der Waals surface area (Å²) in [5.41, 5.74) is 0.838. The Balaban J connectivity index is 1.13. The molecule has 1 aliphatic carbocycles. The van der Waals surface area contributed by atoms with Gasteiger partial charge in [-0.3, -0.25) is 14.4 Å². The number of nitrogens with zero attached hydrogens (tertiary/aromatic N) is 4. The van der Waals surface area contributed by atoms with E-state index < -0.39 is 0 Å². The van der Waals surface area contributed by atoms with Crippen LogP contribution in [0.25, 0.3) is 0 Å². The van der Waals surface area contributed by atoms with Crippen LogP contribution in [0.4, 0.5) is 0 Å². The van der Waals surface area contributed by atoms with E-state index in [2.05, 4.69) is 20.5 Å². The number of amides is 1. The second-order valence-corrected chi connectivity index (χ2v) is 9.42. The molecule has 3 aliphatic heterocycles. The molecule has 1 amide bonds. The molecule has 2 bridgehead atoms. The van der Waals surface area contributed by atoms with E-state index >= 15 is 0 Å². The molecule has 4 aliphatic rings. The Morgan fingerprint density at radius 1 is 1.13 bits per heavy atom. The molecule has 6 rings (SSSR count). The molecule has 1 N–H and O–H groups in total. The summed E-state index contributed by atoms with van der Waals surface area (Å²) in [7, 11) is 0. The molecular weight excluding hydrogens is 390 g/mol. The molecule has 1 aromatic carbocycles. The Hall–Kier alpha value is -2.41. The van der Waals surface area contributed by atoms with Crippen LogP contribution < -0.4 is 10.1 Å². The highest BCUT2D eigenvalue weighted by Crippen LogP contribution is 2.37. The first kappa shape index (κ1) is 20.5. The van der Waals surface area contributed by atoms with Crippen LogP contribution in [0.1, 0.15) is 50.6 Å². The van der Waals surface area contributed by atoms with Crippen LogP contribution in [-0.2, 0) is 17.9 Å². The van der Waals surface area contributed by atoms with Crippen molar-refractivity contribution in [2.75, 3.05) is 13.1 Å². The van der Waals surface area contributed by atoms with Crippen LogP contribution in [0.15, 0.2) is 36.5 Å². The van der Waals surface area contributed by atoms with Crippen molar-refractivity contribution < 1.29 is 9.53 Å². The zero-order chi connectivity index (χ0) is 21.0. The van der Waals surface area contributed by atoms with Gasteiger partial charge in [-0.15, -0.1) is 5.10 Å². The van der Waals surface area contributed by atoms with E-state index in [0.717, 1.165) is 56.8 Å². The van der Waals surface area contributed by atoms with Gasteiger partial charge in [0.25, 0.3) is 0 Å². The number of ether oxygens (including phenoxy) is 1. The summed E-state index contributed by atoms with van der Waals surface area (Å²) >= 11 is 0. The van der Waals surface area contributed by atoms with Crippen LogP contribution in [-0.4, -0.2) is 51.0 Å². The number of para-hydroxylation sites is 1. The van der Waals surface area contributed by atoms with E-state index in [1.165, 1.54) is 19.3 Å². The maximum atomic E-state index is 12.9. The number of hydrogen-bond donors (Lipinski definition) is 1. The van der Waals surface area contributed by atoms with E-state index in [1.807, 2.05) is 41.2 Å². The molecule has 1 aromatic heterocycles. The zero-order valence-electron chi connectivity index (χ0n) is 18.2. The number of fused-ring (bicyclic) bond motifs is 3. The number of hydrogen-bond acceptors (Lipinski definition) is 5. The monoisotopic (exact) mass is 423 g/mol. The van der Waals surface area contributed by atoms with Crippen molar-refractivity contribution in [3.05, 3.63) is 42.2 Å². The van der Waals surface area contributed by atoms with Crippen LogP contribution >= 0.6 is 0 Å². The van der Waals surface area contributed by atoms with Crippen LogP contribution in [0.3, 0.4) is 0 Å². The van der Waals surface area contributed by atoms with Crippen LogP contribution in [0, 0.1) is 11.8 Å². The minimum Gasteiger partial charge on any atom is -0.487 e. The van der Waals surface area contributed by atoms with Crippen molar-refractivity contribution in [2.45, 2.75) is 70.2 Å². The third-order valence-corrected chi connectivity index (χ3v) is 7.28. The van der Waals surface area contributed by atoms with Gasteiger partial charge in [0.05, 0.1) is 18.7 Å². The number of aromatic nitrogens is 3. The normalized spacial score (nSPS) is 28.4. The average Bonchev–Trinajstić information content (AvgIpc) is 3.27. The summed E-state index contributed by atoms with van der Waals surface area (Å²) in [5, 5.41) is 12.0. The molecule has 4 atom stereocenters. The summed E-state index contributed by atoms with van der Waals surface area (Å²) in [6.07, 6.45) is 10.3. The maximum Gasteiger partial charge on any atom is 0.224 e. The number of nitrogens with one attached hydrogen (secondary N) is 1. The van der Waals surface area contributed by atoms with Gasteiger partial charge in [-0.25, -0.2) is 0 Å². The molecule has 4 heterocycles. The Bertz CT molecular complexity index is 864. The Labute approximate surface area is 184 Å². The molecule has 0 spiro atoms. The molecule has 166 valence electrons. The molecule has 2 aromatic rings. The van der Waals surface area contributed by atoms with Gasteiger partial charge in [0.2, 0.25) is 5.91 Å². The Morgan fingerprint density at radius 3 is 2.74 bits per heavy atom. The van der Waals surface area contributed by atoms with E-state index in [-0.39, 0.29) is 5.92 Å². The van der Waals surface area contributed by atoms with Gasteiger partial charge in [0.15, 0.2) is 0 Å². The lowest BCUT2D eigenvalue weighted by atomic mass is 9.75. The predicted octanol–water partition coefficient (Wildman–Crippen LogP) is 3.02. The van der Waals surface area contributed by atoms with Crippen molar-refractivity contribution in [1.29, 1.82) is 0 Å². The van der Waals surface area contributed by atoms with Crippen molar-refractivity contribution in [1.82, 2.24) is 25.2 Å². The summed E-state index contributed by atoms with van der Waals surface area (Å²) in [4.78, 5) is 15.4. The Kier molecular flexibility index (Phi) is 6.20. The van der Waals surface area contributed by atoms with Crippen molar-refractivity contribution in [3.63, 3.8) is 0 Å². The van der Waals surface area contributed by atoms with Gasteiger partial charge < -0.3 is 10.1 Å². The molecule has 3 saturated heterocycles. The number of rotatable bonds is 7. The van der Waals surface area contributed by atoms with Crippen LogP contribution in [0.5, 0.6) is 5.75 Å². The molecule has 7 nitrogen and oxygen atoms in total. The van der Waals surface area contributed by atoms with Crippen LogP contribution in [0.2, 0.25) is 0 Å². The van der Waals surface area contributed by atoms with E-state index in [1.54, 1.807) is 0 Å². The number of carbonyl (C=O) groups excluding carboxylic acids is 1. The third-order valence-electron chi connectivity index (χ3n) is 7.28. The Morgan fingerprint density at radius 2 is 1.97 bits per heavy atom. The quantitative estimate of drug-likeness (QED) is 0.741. The molecule has 31 heavy (non-hydrogen) atoms. The minimum atomic E-state index is 0.150. The highest BCUT2D eigenvalue weighted by atomic mass is 16.5. The fraction of sp³-hybridized carbons (Fsp3) is 0.625. The lowest BCUT2D eigenvalue weighted by Crippen LogP contribution is -2.58. The molecular formula is C24H33N5O2. The second-order valence-electron chi connectivity index (χ2n) is 9.42. The molecule has 1 unspecified atom stereocenters. The molecule has 4 fully saturated rings. The predicted molar refractivity (Wildman–Crippen MR) is 117 cm³/mol. The van der Waals surface area contributed by atoms with Crippen molar-refractivity contribution in [3.8, 4) is 5.75 Å². The first-order valence-electron chi connectivity index (χ1n) is 11.9. The number of piperidine rings is 3. The summed E-state index contributed by atoms with van der Waals surface area (Å²) in [5.74, 6) is 1.77. The fourth-order valence-electron chi connectivity index (χ4n) is 5.56. The third kappa shape index (κ3) is 4.92. The summed E-state index contributed by atoms with van der Waals surface area (Å²) in [6, 6.07) is 10.6. The molecule has 0 radical (unpaired) electrons. The highest BCUT2D eigenvalue weighted by Gasteiger charge is 2.43. The number of carbonyl (C=O) groups is 1. The van der Waals surface area contributed by atoms with Gasteiger partial charge in [-0.2, -0.15) is 0 Å². The van der Waals surface area contributed by atoms with E-state index in [4.69, 9.17) is 4.74 Å². The smallest absolute Gasteiger partial charge is 0.224 e. The van der Waals surface area contributed by atoms with E-state index in [9.17, 15) is 4.79 Å². The van der Waals surface area contributed by atoms with Gasteiger partial charge in [-0.05, 0) is 50.3 Å². The van der Waals surface area contributed by atoms with Crippen molar-refractivity contribution >= 4 is 5.91 Å². The molecule has 7 heteroatoms. The standard InChI is InChI=1S/C24H33N5O2/c30-24(25-19-7-3-1-4-8-19)23-16-28-12-11-18(23)13-21(28)15-29-14-20(26-27-29)17-31-22-9-5-2-6-10-22/h2,5-6,9-10,14,18-19,21,23H,1,3-4,7-8,11-13,15-17H2,(H,25,30)/t18-,21-,23+/m1/s1. The first-order valence-corrected chi connectivity index (χ1v) is 11.9. The fourth-order valence-corrected chi connectivity index (χ4v) is 5.56. The summed E-state index contributed by atoms with van der Waals surface area (Å²) in [6.45, 7) is 3.21. The lowest BCUT2D eigenvalue weighted by Gasteiger charge is -2.49. The van der Waals surface area contributed by atoms with Gasteiger partial charge in [0, 0.05) is 18.6 Å². The largest absolute Gasteiger partial charge is 0.487 e. The minimum absolute atomic E-state index is 0.150. The second kappa shape index (κ2) is 9.39. The number of benzene rings is 1. The van der Waals surface area contributed by atoms with Gasteiger partial charge >= 0.3 is 0 Å². The topological polar surface area (TPSA) is 72.3 Å². The van der Waals surface area contributed by atoms with Gasteiger partial charge in [-0.1, -0.05) is 42.7 Å². The van der Waals surface area contributed by atoms with E-state index in [0.29, 0.717) is 30.5 Å². The SMILES string of the molecule is O=C(NC1CCCCC1)[C@H]1CN2CC[C@@H]1C[C@@H]2Cn1cc(COc2ccccc2)nn1. The van der Waals surface area contributed by atoms with Gasteiger partial charge in [0.1, 0.15) is 18.1 Å². The average molecular weight is 424 g/mol. The van der Waals surface area contributed by atoms with Crippen molar-refractivity contribution in [2.24, 2.45) is 11.8 Å². The zero-order valence-corrected chi connectivity index (χ0v) is 18.2. The first-order chi connectivity index (χ1) is 15.2. The summed E-state index contributed by atoms with van der Waals surface area (Å²) < 4.78 is 7.71.